The maximum atomic E-state index is 13.6. The van der Waals surface area contributed by atoms with E-state index >= 15 is 0 Å². The number of aliphatic hydroxyl groups excluding tert-OH is 1. The van der Waals surface area contributed by atoms with Crippen LogP contribution in [0.4, 0.5) is 0 Å². The molecule has 4 rings (SSSR count). The van der Waals surface area contributed by atoms with E-state index in [-0.39, 0.29) is 32.1 Å². The summed E-state index contributed by atoms with van der Waals surface area (Å²) in [5.41, 5.74) is 16.4. The van der Waals surface area contributed by atoms with Gasteiger partial charge in [0.05, 0.1) is 13.2 Å². The van der Waals surface area contributed by atoms with Crippen LogP contribution in [0.5, 0.6) is 5.75 Å². The van der Waals surface area contributed by atoms with Gasteiger partial charge in [0.15, 0.2) is 5.54 Å². The summed E-state index contributed by atoms with van der Waals surface area (Å²) in [5, 5.41) is 13.2. The lowest BCUT2D eigenvalue weighted by atomic mass is 9.89. The first kappa shape index (κ1) is 27.9. The van der Waals surface area contributed by atoms with Crippen LogP contribution in [0.25, 0.3) is 10.4 Å². The van der Waals surface area contributed by atoms with Crippen molar-refractivity contribution in [1.82, 2.24) is 10.9 Å². The zero-order valence-electron chi connectivity index (χ0n) is 21.2. The van der Waals surface area contributed by atoms with Crippen molar-refractivity contribution in [2.24, 2.45) is 10.1 Å². The van der Waals surface area contributed by atoms with Gasteiger partial charge < -0.3 is 14.6 Å². The number of aliphatic imine (C=N–C) groups is 1. The van der Waals surface area contributed by atoms with Crippen LogP contribution in [0, 0.1) is 0 Å². The van der Waals surface area contributed by atoms with Gasteiger partial charge in [0, 0.05) is 41.5 Å². The van der Waals surface area contributed by atoms with Gasteiger partial charge in [-0.1, -0.05) is 59.2 Å². The highest BCUT2D eigenvalue weighted by Gasteiger charge is 2.45. The molecule has 0 saturated carbocycles. The van der Waals surface area contributed by atoms with Crippen LogP contribution < -0.4 is 15.6 Å². The lowest BCUT2D eigenvalue weighted by molar-refractivity contribution is -0.127. The Morgan fingerprint density at radius 2 is 1.82 bits per heavy atom. The van der Waals surface area contributed by atoms with E-state index in [0.29, 0.717) is 41.8 Å². The minimum Gasteiger partial charge on any atom is -0.494 e. The smallest absolute Gasteiger partial charge is 0.266 e. The number of benzene rings is 3. The fraction of sp³-hybridized carbons (Fsp3) is 0.286. The highest BCUT2D eigenvalue weighted by Crippen LogP contribution is 2.29. The number of ether oxygens (including phenoxy) is 2. The van der Waals surface area contributed by atoms with Gasteiger partial charge in [-0.3, -0.25) is 10.2 Å². The molecule has 0 saturated heterocycles. The Balaban J connectivity index is 1.57. The molecule has 0 bridgehead atoms. The van der Waals surface area contributed by atoms with Crippen molar-refractivity contribution < 1.29 is 19.4 Å². The molecule has 0 fully saturated rings. The molecule has 0 spiro atoms. The molecule has 0 unspecified atom stereocenters. The van der Waals surface area contributed by atoms with E-state index in [0.717, 1.165) is 16.7 Å². The molecule has 0 aromatic heterocycles. The molecule has 202 valence electrons. The number of hydrazine groups is 1. The molecule has 1 atom stereocenters. The first-order valence-electron chi connectivity index (χ1n) is 12.5. The number of rotatable bonds is 13. The fourth-order valence-electron chi connectivity index (χ4n) is 4.11. The third-order valence-electron chi connectivity index (χ3n) is 6.20. The van der Waals surface area contributed by atoms with Gasteiger partial charge in [-0.15, -0.1) is 0 Å². The highest BCUT2D eigenvalue weighted by molar-refractivity contribution is 6.31. The first-order valence-corrected chi connectivity index (χ1v) is 12.8. The predicted octanol–water partition coefficient (Wildman–Crippen LogP) is 4.49. The third-order valence-corrected chi connectivity index (χ3v) is 6.57. The summed E-state index contributed by atoms with van der Waals surface area (Å²) in [6, 6.07) is 22.0. The second kappa shape index (κ2) is 13.6. The summed E-state index contributed by atoms with van der Waals surface area (Å²) < 4.78 is 11.6. The van der Waals surface area contributed by atoms with Gasteiger partial charge in [0.2, 0.25) is 5.90 Å². The molecule has 3 aromatic carbocycles. The average Bonchev–Trinajstić information content (AvgIpc) is 3.39. The SMILES string of the molecule is [N-]=[N+]=NCc1ccccc1C[C@@]1(C(=O)NNCc2ccccc2Cl)COC(c2ccc(OCCCO)cc2)=N1. The maximum absolute atomic E-state index is 13.6. The van der Waals surface area contributed by atoms with Gasteiger partial charge in [0.1, 0.15) is 12.4 Å². The Bertz CT molecular complexity index is 1360. The van der Waals surface area contributed by atoms with E-state index in [1.165, 1.54) is 0 Å². The molecule has 1 aliphatic rings. The molecule has 11 heteroatoms. The zero-order valence-corrected chi connectivity index (χ0v) is 22.0. The van der Waals surface area contributed by atoms with Crippen molar-refractivity contribution in [1.29, 1.82) is 0 Å². The Labute approximate surface area is 231 Å². The first-order chi connectivity index (χ1) is 19.0. The molecule has 3 N–H and O–H groups in total. The van der Waals surface area contributed by atoms with Crippen LogP contribution in [0.1, 0.15) is 28.7 Å². The summed E-state index contributed by atoms with van der Waals surface area (Å²) in [6.45, 7) is 0.972. The topological polar surface area (TPSA) is 141 Å². The van der Waals surface area contributed by atoms with Crippen LogP contribution in [0.3, 0.4) is 0 Å². The third kappa shape index (κ3) is 7.28. The Morgan fingerprint density at radius 1 is 1.10 bits per heavy atom. The molecular weight excluding hydrogens is 520 g/mol. The zero-order chi connectivity index (χ0) is 27.5. The van der Waals surface area contributed by atoms with Gasteiger partial charge in [-0.05, 0) is 52.6 Å². The number of aliphatic hydroxyl groups is 1. The second-order valence-electron chi connectivity index (χ2n) is 8.92. The van der Waals surface area contributed by atoms with E-state index in [2.05, 4.69) is 20.9 Å². The van der Waals surface area contributed by atoms with E-state index in [1.54, 1.807) is 18.2 Å². The number of carbonyl (C=O) groups is 1. The number of amides is 1. The van der Waals surface area contributed by atoms with Crippen molar-refractivity contribution in [3.8, 4) is 5.75 Å². The molecule has 0 aliphatic carbocycles. The van der Waals surface area contributed by atoms with E-state index in [1.807, 2.05) is 54.6 Å². The highest BCUT2D eigenvalue weighted by atomic mass is 35.5. The number of nitrogens with zero attached hydrogens (tertiary/aromatic N) is 4. The van der Waals surface area contributed by atoms with Crippen molar-refractivity contribution in [3.63, 3.8) is 0 Å². The van der Waals surface area contributed by atoms with Crippen LogP contribution in [-0.2, 0) is 29.0 Å². The standard InChI is InChI=1S/C28H29ClN6O4/c29-25-9-4-3-8-23(25)18-31-34-27(37)28(16-21-6-1-2-7-22(21)17-32-35-30)19-39-26(33-28)20-10-12-24(13-11-20)38-15-5-14-36/h1-4,6-13,31,36H,5,14-19H2,(H,34,37)/t28-/m0/s1. The summed E-state index contributed by atoms with van der Waals surface area (Å²) in [7, 11) is 0. The minimum atomic E-state index is -1.27. The summed E-state index contributed by atoms with van der Waals surface area (Å²) in [5.74, 6) is 0.628. The molecule has 1 aliphatic heterocycles. The summed E-state index contributed by atoms with van der Waals surface area (Å²) in [4.78, 5) is 21.3. The number of carbonyl (C=O) groups excluding carboxylic acids is 1. The van der Waals surface area contributed by atoms with Crippen molar-refractivity contribution in [2.45, 2.75) is 31.5 Å². The van der Waals surface area contributed by atoms with Crippen LogP contribution in [0.15, 0.2) is 82.9 Å². The van der Waals surface area contributed by atoms with Gasteiger partial charge in [-0.25, -0.2) is 10.4 Å². The fourth-order valence-corrected chi connectivity index (χ4v) is 4.32. The van der Waals surface area contributed by atoms with Crippen LogP contribution in [0.2, 0.25) is 5.02 Å². The Morgan fingerprint density at radius 3 is 2.54 bits per heavy atom. The lowest BCUT2D eigenvalue weighted by Gasteiger charge is -2.24. The minimum absolute atomic E-state index is 0.0204. The summed E-state index contributed by atoms with van der Waals surface area (Å²) in [6.07, 6.45) is 0.774. The number of nitrogens with one attached hydrogen (secondary N) is 2. The van der Waals surface area contributed by atoms with Gasteiger partial charge in [-0.2, -0.15) is 0 Å². The van der Waals surface area contributed by atoms with E-state index < -0.39 is 5.54 Å². The van der Waals surface area contributed by atoms with Crippen molar-refractivity contribution in [3.05, 3.63) is 111 Å². The van der Waals surface area contributed by atoms with Crippen LogP contribution >= 0.6 is 11.6 Å². The molecular formula is C28H29ClN6O4. The van der Waals surface area contributed by atoms with E-state index in [4.69, 9.17) is 36.7 Å². The number of halogens is 1. The molecule has 3 aromatic rings. The van der Waals surface area contributed by atoms with Crippen LogP contribution in [-0.4, -0.2) is 42.3 Å². The van der Waals surface area contributed by atoms with E-state index in [9.17, 15) is 4.79 Å². The number of hydrogen-bond donors (Lipinski definition) is 3. The predicted molar refractivity (Wildman–Crippen MR) is 148 cm³/mol. The summed E-state index contributed by atoms with van der Waals surface area (Å²) >= 11 is 6.24. The second-order valence-corrected chi connectivity index (χ2v) is 9.33. The molecule has 10 nitrogen and oxygen atoms in total. The Hall–Kier alpha value is -4.08. The largest absolute Gasteiger partial charge is 0.494 e. The molecule has 39 heavy (non-hydrogen) atoms. The number of azide groups is 1. The van der Waals surface area contributed by atoms with Crippen molar-refractivity contribution in [2.75, 3.05) is 19.8 Å². The maximum Gasteiger partial charge on any atom is 0.266 e. The number of hydrogen-bond acceptors (Lipinski definition) is 7. The molecule has 1 heterocycles. The van der Waals surface area contributed by atoms with Gasteiger partial charge >= 0.3 is 0 Å². The molecule has 0 radical (unpaired) electrons. The Kier molecular flexibility index (Phi) is 9.77. The lowest BCUT2D eigenvalue weighted by Crippen LogP contribution is -2.52. The average molecular weight is 549 g/mol. The molecule has 1 amide bonds. The quantitative estimate of drug-likeness (QED) is 0.0948. The van der Waals surface area contributed by atoms with Crippen molar-refractivity contribution >= 4 is 23.4 Å². The normalized spacial score (nSPS) is 16.1. The monoisotopic (exact) mass is 548 g/mol. The van der Waals surface area contributed by atoms with Gasteiger partial charge in [0.25, 0.3) is 5.91 Å².